The van der Waals surface area contributed by atoms with E-state index in [1.807, 2.05) is 0 Å². The van der Waals surface area contributed by atoms with Crippen LogP contribution in [0, 0.1) is 13.8 Å². The molecule has 0 amide bonds. The zero-order valence-corrected chi connectivity index (χ0v) is 17.4. The van der Waals surface area contributed by atoms with Crippen LogP contribution in [0.5, 0.6) is 0 Å². The summed E-state index contributed by atoms with van der Waals surface area (Å²) in [6.07, 6.45) is 0. The molecule has 0 unspecified atom stereocenters. The Hall–Kier alpha value is -1.14. The van der Waals surface area contributed by atoms with Crippen molar-refractivity contribution in [1.82, 2.24) is 9.55 Å². The molecule has 0 N–H and O–H groups in total. The van der Waals surface area contributed by atoms with Crippen LogP contribution in [-0.4, -0.2) is 39.5 Å². The van der Waals surface area contributed by atoms with Gasteiger partial charge in [0.2, 0.25) is 0 Å². The Morgan fingerprint density at radius 1 is 1.16 bits per heavy atom. The molecule has 0 aliphatic heterocycles. The summed E-state index contributed by atoms with van der Waals surface area (Å²) in [4.78, 5) is 15.0. The van der Waals surface area contributed by atoms with Crippen LogP contribution in [-0.2, 0) is 29.9 Å². The van der Waals surface area contributed by atoms with Crippen LogP contribution in [0.3, 0.4) is 0 Å². The molecule has 8 nitrogen and oxygen atoms in total. The van der Waals surface area contributed by atoms with E-state index >= 15 is 0 Å². The average Bonchev–Trinajstić information content (AvgIpc) is 3.00. The van der Waals surface area contributed by atoms with E-state index in [0.29, 0.717) is 10.7 Å². The topological polar surface area (TPSA) is 112 Å². The Kier molecular flexibility index (Phi) is 7.04. The molecule has 2 aromatic rings. The first-order valence-electron chi connectivity index (χ1n) is 6.36. The second-order valence-corrected chi connectivity index (χ2v) is 11.1. The van der Waals surface area contributed by atoms with Crippen LogP contribution in [0.1, 0.15) is 21.2 Å². The number of carbonyl (C=O) groups excluding carboxylic acids is 1. The first kappa shape index (κ1) is 21.9. The van der Waals surface area contributed by atoms with Crippen LogP contribution in [0.2, 0.25) is 0 Å². The first-order valence-corrected chi connectivity index (χ1v) is 11.8. The molecule has 0 aromatic carbocycles. The normalized spacial score (nSPS) is 11.6. The van der Waals surface area contributed by atoms with Gasteiger partial charge < -0.3 is 9.30 Å². The van der Waals surface area contributed by atoms with Crippen LogP contribution in [0.25, 0.3) is 0 Å². The number of nitrogens with zero attached hydrogens (tertiary/aromatic N) is 2. The number of rotatable bonds is 3. The summed E-state index contributed by atoms with van der Waals surface area (Å²) >= 11 is 1.09. The van der Waals surface area contributed by atoms with Gasteiger partial charge in [-0.1, -0.05) is 0 Å². The Labute approximate surface area is 158 Å². The molecular weight excluding hydrogens is 435 g/mol. The lowest BCUT2D eigenvalue weighted by Gasteiger charge is -2.02. The molecule has 0 aliphatic carbocycles. The van der Waals surface area contributed by atoms with Gasteiger partial charge in [-0.2, -0.15) is 0 Å². The fraction of sp³-hybridized carbons (Fsp3) is 0.333. The second-order valence-electron chi connectivity index (χ2n) is 4.59. The quantitative estimate of drug-likeness (QED) is 0.523. The van der Waals surface area contributed by atoms with Crippen molar-refractivity contribution in [3.63, 3.8) is 0 Å². The molecule has 0 spiro atoms. The minimum atomic E-state index is -3.83. The largest absolute Gasteiger partial charge is 0.464 e. The zero-order chi connectivity index (χ0) is 19.6. The van der Waals surface area contributed by atoms with Crippen molar-refractivity contribution >= 4 is 56.8 Å². The highest BCUT2D eigenvalue weighted by Gasteiger charge is 2.20. The Balaban J connectivity index is 0.000000257. The summed E-state index contributed by atoms with van der Waals surface area (Å²) in [6, 6.07) is 2.58. The Morgan fingerprint density at radius 2 is 1.72 bits per heavy atom. The third-order valence-corrected chi connectivity index (χ3v) is 7.44. The monoisotopic (exact) mass is 448 g/mol. The van der Waals surface area contributed by atoms with Crippen LogP contribution in [0.15, 0.2) is 21.4 Å². The van der Waals surface area contributed by atoms with E-state index in [-0.39, 0.29) is 14.9 Å². The van der Waals surface area contributed by atoms with E-state index in [1.165, 1.54) is 26.3 Å². The number of esters is 1. The van der Waals surface area contributed by atoms with Gasteiger partial charge in [0.25, 0.3) is 18.1 Å². The highest BCUT2D eigenvalue weighted by Crippen LogP contribution is 2.25. The maximum atomic E-state index is 11.1. The maximum Gasteiger partial charge on any atom is 0.354 e. The van der Waals surface area contributed by atoms with Gasteiger partial charge in [0.05, 0.1) is 17.8 Å². The van der Waals surface area contributed by atoms with Crippen molar-refractivity contribution in [3.05, 3.63) is 28.5 Å². The Bertz CT molecular complexity index is 992. The number of aryl methyl sites for hydroxylation is 2. The summed E-state index contributed by atoms with van der Waals surface area (Å²) in [5.74, 6) is -0.612. The third kappa shape index (κ3) is 5.68. The summed E-state index contributed by atoms with van der Waals surface area (Å²) in [5, 5.41) is 0.571. The number of methoxy groups -OCH3 is 1. The molecule has 0 bridgehead atoms. The summed E-state index contributed by atoms with van der Waals surface area (Å²) < 4.78 is 49.3. The summed E-state index contributed by atoms with van der Waals surface area (Å²) in [5.41, 5.74) is 0.606. The number of halogens is 2. The Morgan fingerprint density at radius 3 is 2.00 bits per heavy atom. The van der Waals surface area contributed by atoms with Gasteiger partial charge in [-0.15, -0.1) is 11.3 Å². The van der Waals surface area contributed by atoms with Crippen molar-refractivity contribution in [2.45, 2.75) is 23.1 Å². The van der Waals surface area contributed by atoms with Crippen molar-refractivity contribution in [3.8, 4) is 0 Å². The number of carbonyl (C=O) groups is 1. The SMILES string of the molecule is COC(=O)c1ccc(S(=O)(=O)Cl)n1C.Cc1nc(C)c(S(=O)(=O)Cl)s1. The molecular formula is C12H14Cl2N2O6S3. The molecule has 0 fully saturated rings. The lowest BCUT2D eigenvalue weighted by molar-refractivity contribution is 0.0589. The van der Waals surface area contributed by atoms with Crippen LogP contribution >= 0.6 is 32.7 Å². The molecule has 140 valence electrons. The zero-order valence-electron chi connectivity index (χ0n) is 13.5. The van der Waals surface area contributed by atoms with Crippen LogP contribution < -0.4 is 0 Å². The average molecular weight is 449 g/mol. The van der Waals surface area contributed by atoms with Gasteiger partial charge in [-0.3, -0.25) is 0 Å². The molecule has 2 heterocycles. The van der Waals surface area contributed by atoms with Crippen molar-refractivity contribution in [1.29, 1.82) is 0 Å². The molecule has 0 aliphatic rings. The predicted octanol–water partition coefficient (Wildman–Crippen LogP) is 2.43. The van der Waals surface area contributed by atoms with E-state index in [9.17, 15) is 21.6 Å². The molecule has 2 rings (SSSR count). The molecule has 0 saturated heterocycles. The predicted molar refractivity (Wildman–Crippen MR) is 94.4 cm³/mol. The van der Waals surface area contributed by atoms with Crippen LogP contribution in [0.4, 0.5) is 0 Å². The van der Waals surface area contributed by atoms with Crippen molar-refractivity contribution in [2.75, 3.05) is 7.11 Å². The minimum Gasteiger partial charge on any atom is -0.464 e. The standard InChI is InChI=1S/C7H8ClNO4S.C5H6ClNO2S2/c1-9-5(7(10)13-2)3-4-6(9)14(8,11)12;1-3-5(11(6,8)9)10-4(2)7-3/h3-4H,1-2H3;1-2H3. The molecule has 0 atom stereocenters. The number of aromatic nitrogens is 2. The highest BCUT2D eigenvalue weighted by molar-refractivity contribution is 8.15. The second kappa shape index (κ2) is 8.04. The molecule has 2 aromatic heterocycles. The first-order chi connectivity index (χ1) is 11.3. The fourth-order valence-electron chi connectivity index (χ4n) is 1.79. The minimum absolute atomic E-state index is 0.131. The number of hydrogen-bond donors (Lipinski definition) is 0. The van der Waals surface area contributed by atoms with Gasteiger partial charge in [0.15, 0.2) is 9.24 Å². The maximum absolute atomic E-state index is 11.1. The van der Waals surface area contributed by atoms with Gasteiger partial charge in [-0.05, 0) is 26.0 Å². The number of hydrogen-bond acceptors (Lipinski definition) is 8. The van der Waals surface area contributed by atoms with Crippen molar-refractivity contribution < 1.29 is 26.4 Å². The van der Waals surface area contributed by atoms with Gasteiger partial charge >= 0.3 is 5.97 Å². The fourth-order valence-corrected chi connectivity index (χ4v) is 5.33. The van der Waals surface area contributed by atoms with E-state index < -0.39 is 24.1 Å². The lowest BCUT2D eigenvalue weighted by atomic mass is 10.4. The molecule has 0 radical (unpaired) electrons. The van der Waals surface area contributed by atoms with Gasteiger partial charge in [0.1, 0.15) is 5.69 Å². The smallest absolute Gasteiger partial charge is 0.354 e. The van der Waals surface area contributed by atoms with E-state index in [2.05, 4.69) is 9.72 Å². The third-order valence-electron chi connectivity index (χ3n) is 2.80. The van der Waals surface area contributed by atoms with Gasteiger partial charge in [-0.25, -0.2) is 26.6 Å². The highest BCUT2D eigenvalue weighted by atomic mass is 35.7. The van der Waals surface area contributed by atoms with E-state index in [1.54, 1.807) is 13.8 Å². The molecule has 13 heteroatoms. The summed E-state index contributed by atoms with van der Waals surface area (Å²) in [6.45, 7) is 3.36. The number of ether oxygens (including phenoxy) is 1. The van der Waals surface area contributed by atoms with Gasteiger partial charge in [0, 0.05) is 28.4 Å². The van der Waals surface area contributed by atoms with Crippen molar-refractivity contribution in [2.24, 2.45) is 7.05 Å². The molecule has 0 saturated carbocycles. The lowest BCUT2D eigenvalue weighted by Crippen LogP contribution is -2.10. The molecule has 25 heavy (non-hydrogen) atoms. The number of thiazole rings is 1. The summed E-state index contributed by atoms with van der Waals surface area (Å²) in [7, 11) is 5.46. The van der Waals surface area contributed by atoms with E-state index in [0.717, 1.165) is 15.9 Å². The van der Waals surface area contributed by atoms with E-state index in [4.69, 9.17) is 21.4 Å².